The highest BCUT2D eigenvalue weighted by molar-refractivity contribution is 5.70. The second-order valence-electron chi connectivity index (χ2n) is 8.03. The summed E-state index contributed by atoms with van der Waals surface area (Å²) in [6, 6.07) is 0. The molecular formula is C27H46O5. The van der Waals surface area contributed by atoms with E-state index in [1.807, 2.05) is 0 Å². The van der Waals surface area contributed by atoms with Crippen LogP contribution < -0.4 is 0 Å². The number of ether oxygens (including phenoxy) is 2. The zero-order valence-corrected chi connectivity index (χ0v) is 20.4. The summed E-state index contributed by atoms with van der Waals surface area (Å²) in [5.74, 6) is -0.647. The van der Waals surface area contributed by atoms with Gasteiger partial charge in [-0.05, 0) is 44.9 Å². The van der Waals surface area contributed by atoms with Gasteiger partial charge in [0.25, 0.3) is 0 Å². The number of carbonyl (C=O) groups excluding carboxylic acids is 2. The van der Waals surface area contributed by atoms with Gasteiger partial charge in [-0.2, -0.15) is 0 Å². The molecule has 1 unspecified atom stereocenters. The maximum Gasteiger partial charge on any atom is 0.306 e. The molecule has 5 heteroatoms. The third-order valence-electron chi connectivity index (χ3n) is 4.95. The van der Waals surface area contributed by atoms with Gasteiger partial charge in [0.1, 0.15) is 6.61 Å². The Morgan fingerprint density at radius 1 is 0.750 bits per heavy atom. The summed E-state index contributed by atoms with van der Waals surface area (Å²) in [6.45, 7) is 3.79. The summed E-state index contributed by atoms with van der Waals surface area (Å²) in [5, 5.41) is 9.33. The first kappa shape index (κ1) is 30.1. The van der Waals surface area contributed by atoms with Gasteiger partial charge in [-0.1, -0.05) is 82.4 Å². The molecule has 0 saturated heterocycles. The van der Waals surface area contributed by atoms with Gasteiger partial charge in [-0.3, -0.25) is 9.59 Å². The molecule has 0 rings (SSSR count). The Morgan fingerprint density at radius 2 is 1.34 bits per heavy atom. The van der Waals surface area contributed by atoms with Crippen molar-refractivity contribution in [1.82, 2.24) is 0 Å². The van der Waals surface area contributed by atoms with E-state index < -0.39 is 6.10 Å². The maximum absolute atomic E-state index is 11.9. The highest BCUT2D eigenvalue weighted by Crippen LogP contribution is 2.09. The van der Waals surface area contributed by atoms with E-state index in [1.165, 1.54) is 6.42 Å². The Balaban J connectivity index is 3.64. The Labute approximate surface area is 196 Å². The van der Waals surface area contributed by atoms with Crippen LogP contribution in [-0.2, 0) is 19.1 Å². The van der Waals surface area contributed by atoms with E-state index in [1.54, 1.807) is 0 Å². The highest BCUT2D eigenvalue weighted by atomic mass is 16.6. The fourth-order valence-electron chi connectivity index (χ4n) is 3.03. The van der Waals surface area contributed by atoms with Crippen molar-refractivity contribution in [2.24, 2.45) is 0 Å². The molecule has 0 saturated carbocycles. The zero-order chi connectivity index (χ0) is 23.7. The molecule has 0 heterocycles. The number of carbonyl (C=O) groups is 2. The first-order valence-electron chi connectivity index (χ1n) is 12.5. The molecule has 184 valence electrons. The minimum Gasteiger partial charge on any atom is -0.462 e. The molecule has 0 aromatic rings. The molecule has 0 aliphatic rings. The average molecular weight is 451 g/mol. The van der Waals surface area contributed by atoms with E-state index in [4.69, 9.17) is 9.47 Å². The maximum atomic E-state index is 11.9. The van der Waals surface area contributed by atoms with Crippen LogP contribution in [0.4, 0.5) is 0 Å². The quantitative estimate of drug-likeness (QED) is 0.121. The van der Waals surface area contributed by atoms with Crippen molar-refractivity contribution < 1.29 is 24.2 Å². The minimum absolute atomic E-state index is 0.0770. The molecule has 0 spiro atoms. The van der Waals surface area contributed by atoms with Crippen molar-refractivity contribution in [1.29, 1.82) is 0 Å². The third kappa shape index (κ3) is 21.4. The third-order valence-corrected chi connectivity index (χ3v) is 4.95. The summed E-state index contributed by atoms with van der Waals surface area (Å²) in [5.41, 5.74) is 0. The molecule has 0 aromatic carbocycles. The van der Waals surface area contributed by atoms with E-state index in [2.05, 4.69) is 50.3 Å². The average Bonchev–Trinajstić information content (AvgIpc) is 2.79. The smallest absolute Gasteiger partial charge is 0.306 e. The second-order valence-corrected chi connectivity index (χ2v) is 8.03. The lowest BCUT2D eigenvalue weighted by Gasteiger charge is -2.15. The van der Waals surface area contributed by atoms with Crippen LogP contribution in [0.2, 0.25) is 0 Å². The Kier molecular flexibility index (Phi) is 22.4. The van der Waals surface area contributed by atoms with Crippen LogP contribution in [0.15, 0.2) is 36.5 Å². The molecule has 1 atom stereocenters. The van der Waals surface area contributed by atoms with Gasteiger partial charge in [-0.15, -0.1) is 0 Å². The lowest BCUT2D eigenvalue weighted by atomic mass is 10.1. The van der Waals surface area contributed by atoms with E-state index in [0.717, 1.165) is 70.6 Å². The molecule has 0 aliphatic carbocycles. The minimum atomic E-state index is -0.771. The fraction of sp³-hybridized carbons (Fsp3) is 0.704. The number of hydrogen-bond donors (Lipinski definition) is 1. The van der Waals surface area contributed by atoms with Crippen LogP contribution in [-0.4, -0.2) is 36.4 Å². The molecule has 1 N–H and O–H groups in total. The first-order chi connectivity index (χ1) is 15.6. The van der Waals surface area contributed by atoms with Crippen LogP contribution in [0.3, 0.4) is 0 Å². The SMILES string of the molecule is CC/C=C\C/C=C\C/C=C\CCCCCCCC(=O)OC(CO)COC(=O)CCCCC. The summed E-state index contributed by atoms with van der Waals surface area (Å²) >= 11 is 0. The van der Waals surface area contributed by atoms with Gasteiger partial charge in [0, 0.05) is 12.8 Å². The summed E-state index contributed by atoms with van der Waals surface area (Å²) in [6.07, 6.45) is 25.4. The van der Waals surface area contributed by atoms with E-state index in [9.17, 15) is 14.7 Å². The second kappa shape index (κ2) is 23.8. The van der Waals surface area contributed by atoms with Crippen LogP contribution in [0.25, 0.3) is 0 Å². The first-order valence-corrected chi connectivity index (χ1v) is 12.5. The van der Waals surface area contributed by atoms with Crippen LogP contribution in [0, 0.1) is 0 Å². The van der Waals surface area contributed by atoms with Gasteiger partial charge < -0.3 is 14.6 Å². The number of allylic oxidation sites excluding steroid dienone is 6. The number of rotatable bonds is 21. The molecule has 0 radical (unpaired) electrons. The standard InChI is InChI=1S/C27H46O5/c1-3-5-7-8-9-10-11-12-13-14-15-16-17-18-20-22-27(30)32-25(23-28)24-31-26(29)21-19-6-4-2/h5,7,9-10,12-13,25,28H,3-4,6,8,11,14-24H2,1-2H3/b7-5-,10-9-,13-12-. The van der Waals surface area contributed by atoms with Crippen molar-refractivity contribution >= 4 is 11.9 Å². The molecular weight excluding hydrogens is 404 g/mol. The van der Waals surface area contributed by atoms with Crippen LogP contribution in [0.1, 0.15) is 104 Å². The van der Waals surface area contributed by atoms with E-state index in [-0.39, 0.29) is 25.2 Å². The van der Waals surface area contributed by atoms with Crippen molar-refractivity contribution in [3.8, 4) is 0 Å². The van der Waals surface area contributed by atoms with Crippen LogP contribution >= 0.6 is 0 Å². The lowest BCUT2D eigenvalue weighted by Crippen LogP contribution is -2.28. The lowest BCUT2D eigenvalue weighted by molar-refractivity contribution is -0.161. The molecule has 0 bridgehead atoms. The predicted octanol–water partition coefficient (Wildman–Crippen LogP) is 6.60. The molecule has 0 aromatic heterocycles. The topological polar surface area (TPSA) is 72.8 Å². The van der Waals surface area contributed by atoms with Crippen molar-refractivity contribution in [2.75, 3.05) is 13.2 Å². The van der Waals surface area contributed by atoms with E-state index >= 15 is 0 Å². The Bertz CT molecular complexity index is 536. The number of hydrogen-bond acceptors (Lipinski definition) is 5. The molecule has 0 fully saturated rings. The molecule has 0 amide bonds. The Morgan fingerprint density at radius 3 is 2.03 bits per heavy atom. The van der Waals surface area contributed by atoms with Crippen molar-refractivity contribution in [2.45, 2.75) is 110 Å². The summed E-state index contributed by atoms with van der Waals surface area (Å²) in [7, 11) is 0. The van der Waals surface area contributed by atoms with Crippen LogP contribution in [0.5, 0.6) is 0 Å². The largest absolute Gasteiger partial charge is 0.462 e. The summed E-state index contributed by atoms with van der Waals surface area (Å²) < 4.78 is 10.3. The number of aliphatic hydroxyl groups excluding tert-OH is 1. The van der Waals surface area contributed by atoms with Crippen molar-refractivity contribution in [3.05, 3.63) is 36.5 Å². The molecule has 0 aliphatic heterocycles. The van der Waals surface area contributed by atoms with Gasteiger partial charge in [0.15, 0.2) is 6.10 Å². The van der Waals surface area contributed by atoms with Gasteiger partial charge in [0.2, 0.25) is 0 Å². The van der Waals surface area contributed by atoms with Crippen molar-refractivity contribution in [3.63, 3.8) is 0 Å². The Hall–Kier alpha value is -1.88. The molecule has 32 heavy (non-hydrogen) atoms. The molecule has 5 nitrogen and oxygen atoms in total. The zero-order valence-electron chi connectivity index (χ0n) is 20.4. The monoisotopic (exact) mass is 450 g/mol. The number of unbranched alkanes of at least 4 members (excludes halogenated alkanes) is 7. The highest BCUT2D eigenvalue weighted by Gasteiger charge is 2.15. The van der Waals surface area contributed by atoms with Gasteiger partial charge >= 0.3 is 11.9 Å². The van der Waals surface area contributed by atoms with E-state index in [0.29, 0.717) is 12.8 Å². The normalized spacial score (nSPS) is 12.7. The number of esters is 2. The van der Waals surface area contributed by atoms with Gasteiger partial charge in [0.05, 0.1) is 6.61 Å². The van der Waals surface area contributed by atoms with Gasteiger partial charge in [-0.25, -0.2) is 0 Å². The fourth-order valence-corrected chi connectivity index (χ4v) is 3.03. The summed E-state index contributed by atoms with van der Waals surface area (Å²) in [4.78, 5) is 23.5. The predicted molar refractivity (Wildman–Crippen MR) is 131 cm³/mol. The number of aliphatic hydroxyl groups is 1.